The lowest BCUT2D eigenvalue weighted by Crippen LogP contribution is -2.12. The van der Waals surface area contributed by atoms with E-state index >= 15 is 0 Å². The summed E-state index contributed by atoms with van der Waals surface area (Å²) in [6, 6.07) is 4.81. The molecule has 0 amide bonds. The number of halogens is 4. The average Bonchev–Trinajstić information content (AvgIpc) is 3.14. The Morgan fingerprint density at radius 1 is 1.15 bits per heavy atom. The predicted molar refractivity (Wildman–Crippen MR) is 97.4 cm³/mol. The van der Waals surface area contributed by atoms with Gasteiger partial charge in [0.2, 0.25) is 14.2 Å². The number of anilines is 1. The lowest BCUT2D eigenvalue weighted by atomic mass is 10.1. The highest BCUT2D eigenvalue weighted by atomic mass is 35.5. The fourth-order valence-corrected chi connectivity index (χ4v) is 5.07. The second-order valence-electron chi connectivity index (χ2n) is 5.54. The van der Waals surface area contributed by atoms with Gasteiger partial charge in [0.15, 0.2) is 5.82 Å². The van der Waals surface area contributed by atoms with Crippen LogP contribution in [0.5, 0.6) is 0 Å². The largest absolute Gasteiger partial charge is 0.377 e. The SMILES string of the molecule is C[C@H](Nc1ccc(S(=O)(=O)c2nccs2)c(F)c1Cl)c1c(F)cccc1F. The Bertz CT molecular complexity index is 1070. The Balaban J connectivity index is 1.97. The van der Waals surface area contributed by atoms with Gasteiger partial charge in [-0.05, 0) is 31.2 Å². The quantitative estimate of drug-likeness (QED) is 0.600. The smallest absolute Gasteiger partial charge is 0.236 e. The topological polar surface area (TPSA) is 59.1 Å². The molecule has 0 unspecified atom stereocenters. The normalized spacial score (nSPS) is 12.8. The van der Waals surface area contributed by atoms with Crippen molar-refractivity contribution in [1.82, 2.24) is 4.98 Å². The first-order valence-corrected chi connectivity index (χ1v) is 10.3. The van der Waals surface area contributed by atoms with Gasteiger partial charge < -0.3 is 5.32 Å². The van der Waals surface area contributed by atoms with Crippen LogP contribution in [0, 0.1) is 17.5 Å². The highest BCUT2D eigenvalue weighted by Crippen LogP contribution is 2.35. The van der Waals surface area contributed by atoms with E-state index in [2.05, 4.69) is 10.3 Å². The number of nitrogens with one attached hydrogen (secondary N) is 1. The molecule has 142 valence electrons. The molecule has 27 heavy (non-hydrogen) atoms. The van der Waals surface area contributed by atoms with Gasteiger partial charge in [0, 0.05) is 17.1 Å². The van der Waals surface area contributed by atoms with Crippen molar-refractivity contribution in [3.63, 3.8) is 0 Å². The minimum Gasteiger partial charge on any atom is -0.377 e. The minimum atomic E-state index is -4.16. The summed E-state index contributed by atoms with van der Waals surface area (Å²) < 4.78 is 67.0. The van der Waals surface area contributed by atoms with Crippen molar-refractivity contribution < 1.29 is 21.6 Å². The molecule has 0 saturated heterocycles. The lowest BCUT2D eigenvalue weighted by Gasteiger charge is -2.19. The van der Waals surface area contributed by atoms with Crippen LogP contribution in [0.1, 0.15) is 18.5 Å². The number of sulfone groups is 1. The first kappa shape index (κ1) is 19.7. The molecule has 0 fully saturated rings. The second kappa shape index (κ2) is 7.49. The van der Waals surface area contributed by atoms with Gasteiger partial charge in [-0.15, -0.1) is 11.3 Å². The second-order valence-corrected chi connectivity index (χ2v) is 8.91. The molecule has 1 heterocycles. The molecule has 0 radical (unpaired) electrons. The van der Waals surface area contributed by atoms with E-state index in [0.29, 0.717) is 0 Å². The van der Waals surface area contributed by atoms with Crippen molar-refractivity contribution in [2.24, 2.45) is 0 Å². The number of rotatable bonds is 5. The molecular formula is C17H12ClF3N2O2S2. The third-order valence-electron chi connectivity index (χ3n) is 3.78. The average molecular weight is 433 g/mol. The maximum atomic E-state index is 14.6. The zero-order chi connectivity index (χ0) is 19.8. The summed E-state index contributed by atoms with van der Waals surface area (Å²) >= 11 is 6.82. The first-order valence-electron chi connectivity index (χ1n) is 7.56. The summed E-state index contributed by atoms with van der Waals surface area (Å²) in [4.78, 5) is 3.06. The molecule has 1 atom stereocenters. The number of aromatic nitrogens is 1. The number of thiazole rings is 1. The Morgan fingerprint density at radius 2 is 1.81 bits per heavy atom. The van der Waals surface area contributed by atoms with Gasteiger partial charge >= 0.3 is 0 Å². The number of hydrogen-bond donors (Lipinski definition) is 1. The van der Waals surface area contributed by atoms with Crippen LogP contribution in [0.25, 0.3) is 0 Å². The summed E-state index contributed by atoms with van der Waals surface area (Å²) in [5, 5.41) is 3.65. The van der Waals surface area contributed by atoms with Crippen LogP contribution < -0.4 is 5.32 Å². The van der Waals surface area contributed by atoms with E-state index in [9.17, 15) is 21.6 Å². The van der Waals surface area contributed by atoms with Crippen molar-refractivity contribution in [3.8, 4) is 0 Å². The molecule has 10 heteroatoms. The predicted octanol–water partition coefficient (Wildman–Crippen LogP) is 5.22. The summed E-state index contributed by atoms with van der Waals surface area (Å²) in [6.45, 7) is 1.47. The van der Waals surface area contributed by atoms with Crippen LogP contribution in [-0.4, -0.2) is 13.4 Å². The maximum absolute atomic E-state index is 14.6. The van der Waals surface area contributed by atoms with Crippen LogP contribution >= 0.6 is 22.9 Å². The molecule has 0 aliphatic heterocycles. The molecular weight excluding hydrogens is 421 g/mol. The van der Waals surface area contributed by atoms with Crippen molar-refractivity contribution in [2.45, 2.75) is 22.2 Å². The molecule has 0 spiro atoms. The van der Waals surface area contributed by atoms with E-state index in [0.717, 1.165) is 29.5 Å². The van der Waals surface area contributed by atoms with E-state index < -0.39 is 43.2 Å². The third-order valence-corrected chi connectivity index (χ3v) is 7.12. The fourth-order valence-electron chi connectivity index (χ4n) is 2.52. The highest BCUT2D eigenvalue weighted by Gasteiger charge is 2.27. The van der Waals surface area contributed by atoms with Gasteiger partial charge in [0.1, 0.15) is 21.6 Å². The Hall–Kier alpha value is -2.10. The molecule has 4 nitrogen and oxygen atoms in total. The van der Waals surface area contributed by atoms with Crippen molar-refractivity contribution in [3.05, 3.63) is 69.9 Å². The maximum Gasteiger partial charge on any atom is 0.236 e. The Morgan fingerprint density at radius 3 is 2.41 bits per heavy atom. The van der Waals surface area contributed by atoms with Crippen molar-refractivity contribution in [2.75, 3.05) is 5.32 Å². The molecule has 2 aromatic carbocycles. The summed E-state index contributed by atoms with van der Waals surface area (Å²) in [5.41, 5.74) is -0.240. The van der Waals surface area contributed by atoms with E-state index in [-0.39, 0.29) is 15.6 Å². The molecule has 0 aliphatic carbocycles. The van der Waals surface area contributed by atoms with Gasteiger partial charge in [0.25, 0.3) is 0 Å². The Kier molecular flexibility index (Phi) is 5.45. The number of nitrogens with zero attached hydrogens (tertiary/aromatic N) is 1. The standard InChI is InChI=1S/C17H12ClF3N2O2S2/c1-9(14-10(19)3-2-4-11(14)20)23-12-5-6-13(16(21)15(12)18)27(24,25)17-22-7-8-26-17/h2-9,23H,1H3/t9-/m0/s1. The van der Waals surface area contributed by atoms with Crippen LogP contribution in [0.3, 0.4) is 0 Å². The van der Waals surface area contributed by atoms with Gasteiger partial charge in [-0.1, -0.05) is 17.7 Å². The molecule has 3 rings (SSSR count). The first-order chi connectivity index (χ1) is 12.7. The van der Waals surface area contributed by atoms with Crippen LogP contribution in [0.15, 0.2) is 51.1 Å². The molecule has 1 aromatic heterocycles. The monoisotopic (exact) mass is 432 g/mol. The van der Waals surface area contributed by atoms with Gasteiger partial charge in [-0.2, -0.15) is 0 Å². The summed E-state index contributed by atoms with van der Waals surface area (Å²) in [7, 11) is -4.16. The third kappa shape index (κ3) is 3.67. The Labute approximate surface area is 162 Å². The molecule has 1 N–H and O–H groups in total. The number of hydrogen-bond acceptors (Lipinski definition) is 5. The molecule has 0 aliphatic rings. The zero-order valence-corrected chi connectivity index (χ0v) is 16.1. The van der Waals surface area contributed by atoms with Crippen molar-refractivity contribution >= 4 is 38.5 Å². The van der Waals surface area contributed by atoms with E-state index in [1.807, 2.05) is 0 Å². The minimum absolute atomic E-state index is 0.00223. The van der Waals surface area contributed by atoms with Gasteiger partial charge in [-0.3, -0.25) is 0 Å². The summed E-state index contributed by atoms with van der Waals surface area (Å²) in [6.07, 6.45) is 1.29. The fraction of sp³-hybridized carbons (Fsp3) is 0.118. The van der Waals surface area contributed by atoms with E-state index in [1.54, 1.807) is 0 Å². The number of benzene rings is 2. The van der Waals surface area contributed by atoms with Crippen LogP contribution in [0.2, 0.25) is 5.02 Å². The van der Waals surface area contributed by atoms with E-state index in [4.69, 9.17) is 11.6 Å². The molecule has 0 bridgehead atoms. The van der Waals surface area contributed by atoms with Crippen LogP contribution in [-0.2, 0) is 9.84 Å². The van der Waals surface area contributed by atoms with Crippen molar-refractivity contribution in [1.29, 1.82) is 0 Å². The highest BCUT2D eigenvalue weighted by molar-refractivity contribution is 7.93. The van der Waals surface area contributed by atoms with Gasteiger partial charge in [0.05, 0.1) is 11.7 Å². The molecule has 3 aromatic rings. The molecule has 0 saturated carbocycles. The van der Waals surface area contributed by atoms with E-state index in [1.165, 1.54) is 30.6 Å². The summed E-state index contributed by atoms with van der Waals surface area (Å²) in [5.74, 6) is -2.71. The van der Waals surface area contributed by atoms with Gasteiger partial charge in [-0.25, -0.2) is 26.6 Å². The van der Waals surface area contributed by atoms with Crippen LogP contribution in [0.4, 0.5) is 18.9 Å². The zero-order valence-electron chi connectivity index (χ0n) is 13.7. The lowest BCUT2D eigenvalue weighted by molar-refractivity contribution is 0.544.